The second-order valence-electron chi connectivity index (χ2n) is 4.80. The lowest BCUT2D eigenvalue weighted by molar-refractivity contribution is -0.128. The molecule has 0 saturated carbocycles. The summed E-state index contributed by atoms with van der Waals surface area (Å²) >= 11 is 0. The molecule has 2 amide bonds. The summed E-state index contributed by atoms with van der Waals surface area (Å²) in [5, 5.41) is 19.6. The van der Waals surface area contributed by atoms with Crippen LogP contribution in [-0.4, -0.2) is 48.1 Å². The van der Waals surface area contributed by atoms with E-state index in [4.69, 9.17) is 14.7 Å². The van der Waals surface area contributed by atoms with Crippen molar-refractivity contribution in [1.82, 2.24) is 10.9 Å². The molecule has 4 rings (SSSR count). The van der Waals surface area contributed by atoms with Crippen LogP contribution >= 0.6 is 0 Å². The summed E-state index contributed by atoms with van der Waals surface area (Å²) in [7, 11) is 0. The number of carbonyl (C=O) groups excluding carboxylic acids is 2. The van der Waals surface area contributed by atoms with Crippen molar-refractivity contribution in [3.63, 3.8) is 0 Å². The first-order valence-corrected chi connectivity index (χ1v) is 6.51. The SMILES string of the molecule is O=C1N=NC2=C1C=COC2.O=C1NN=C2COCCC12NO. The predicted octanol–water partition coefficient (Wildman–Crippen LogP) is -0.613. The molecule has 1 unspecified atom stereocenters. The van der Waals surface area contributed by atoms with E-state index in [9.17, 15) is 9.59 Å². The van der Waals surface area contributed by atoms with Crippen molar-refractivity contribution in [3.05, 3.63) is 23.6 Å². The molecule has 4 heterocycles. The van der Waals surface area contributed by atoms with Crippen LogP contribution in [0.15, 0.2) is 38.9 Å². The average molecular weight is 307 g/mol. The van der Waals surface area contributed by atoms with E-state index in [1.807, 2.05) is 5.48 Å². The fourth-order valence-electron chi connectivity index (χ4n) is 2.27. The highest BCUT2D eigenvalue weighted by atomic mass is 16.5. The van der Waals surface area contributed by atoms with Gasteiger partial charge in [0.15, 0.2) is 5.54 Å². The van der Waals surface area contributed by atoms with E-state index in [2.05, 4.69) is 20.8 Å². The Morgan fingerprint density at radius 1 is 1.32 bits per heavy atom. The van der Waals surface area contributed by atoms with Gasteiger partial charge in [-0.15, -0.1) is 10.2 Å². The van der Waals surface area contributed by atoms with Gasteiger partial charge in [0.05, 0.1) is 24.2 Å². The molecule has 0 spiro atoms. The summed E-state index contributed by atoms with van der Waals surface area (Å²) in [5.74, 6) is -0.585. The van der Waals surface area contributed by atoms with Gasteiger partial charge in [0.2, 0.25) is 0 Å². The molecule has 4 aliphatic heterocycles. The summed E-state index contributed by atoms with van der Waals surface area (Å²) in [6, 6.07) is 0. The van der Waals surface area contributed by atoms with E-state index in [1.165, 1.54) is 6.26 Å². The van der Waals surface area contributed by atoms with Gasteiger partial charge in [-0.3, -0.25) is 9.59 Å². The lowest BCUT2D eigenvalue weighted by Gasteiger charge is -2.29. The Labute approximate surface area is 124 Å². The zero-order valence-electron chi connectivity index (χ0n) is 11.4. The zero-order valence-corrected chi connectivity index (χ0v) is 11.4. The number of hydrazone groups is 1. The fourth-order valence-corrected chi connectivity index (χ4v) is 2.27. The third-order valence-electron chi connectivity index (χ3n) is 3.58. The van der Waals surface area contributed by atoms with Crippen LogP contribution in [0.5, 0.6) is 0 Å². The van der Waals surface area contributed by atoms with E-state index in [0.29, 0.717) is 36.6 Å². The van der Waals surface area contributed by atoms with Gasteiger partial charge in [0, 0.05) is 13.0 Å². The first-order chi connectivity index (χ1) is 10.7. The molecule has 116 valence electrons. The highest BCUT2D eigenvalue weighted by molar-refractivity contribution is 6.17. The Morgan fingerprint density at radius 2 is 2.18 bits per heavy atom. The average Bonchev–Trinajstić information content (AvgIpc) is 3.11. The number of amides is 2. The van der Waals surface area contributed by atoms with Crippen LogP contribution in [0.3, 0.4) is 0 Å². The van der Waals surface area contributed by atoms with Crippen LogP contribution in [0, 0.1) is 0 Å². The van der Waals surface area contributed by atoms with Gasteiger partial charge in [-0.1, -0.05) is 0 Å². The first-order valence-electron chi connectivity index (χ1n) is 6.51. The monoisotopic (exact) mass is 307 g/mol. The smallest absolute Gasteiger partial charge is 0.297 e. The molecule has 1 fully saturated rings. The van der Waals surface area contributed by atoms with Crippen LogP contribution in [0.1, 0.15) is 6.42 Å². The van der Waals surface area contributed by atoms with Crippen LogP contribution < -0.4 is 10.9 Å². The van der Waals surface area contributed by atoms with Crippen LogP contribution in [-0.2, 0) is 19.1 Å². The maximum absolute atomic E-state index is 11.3. The quantitative estimate of drug-likeness (QED) is 0.553. The van der Waals surface area contributed by atoms with Crippen molar-refractivity contribution in [2.45, 2.75) is 12.0 Å². The molecule has 10 nitrogen and oxygen atoms in total. The standard InChI is InChI=1S/C6H9N3O3.C6H4N2O2/c10-5-6(9-11)1-2-12-3-4(6)7-8-5;9-6-4-1-2-10-3-5(4)7-8-6/h9,11H,1-3H2,(H,8,10);1-2H,3H2. The molecular weight excluding hydrogens is 294 g/mol. The van der Waals surface area contributed by atoms with Gasteiger partial charge in [-0.25, -0.2) is 5.43 Å². The number of fused-ring (bicyclic) bond motifs is 1. The number of hydrogen-bond donors (Lipinski definition) is 3. The van der Waals surface area contributed by atoms with Crippen LogP contribution in [0.4, 0.5) is 0 Å². The van der Waals surface area contributed by atoms with Crippen molar-refractivity contribution >= 4 is 17.5 Å². The Balaban J connectivity index is 0.000000133. The molecule has 0 bridgehead atoms. The summed E-state index contributed by atoms with van der Waals surface area (Å²) in [4.78, 5) is 22.0. The third-order valence-corrected chi connectivity index (χ3v) is 3.58. The number of ether oxygens (including phenoxy) is 2. The van der Waals surface area contributed by atoms with Crippen LogP contribution in [0.2, 0.25) is 0 Å². The van der Waals surface area contributed by atoms with Gasteiger partial charge in [-0.2, -0.15) is 10.6 Å². The normalized spacial score (nSPS) is 28.3. The summed E-state index contributed by atoms with van der Waals surface area (Å²) in [6.45, 7) is 1.09. The molecule has 0 radical (unpaired) electrons. The van der Waals surface area contributed by atoms with Crippen molar-refractivity contribution in [2.24, 2.45) is 15.3 Å². The zero-order chi connectivity index (χ0) is 15.6. The maximum atomic E-state index is 11.3. The van der Waals surface area contributed by atoms with E-state index < -0.39 is 5.54 Å². The topological polar surface area (TPSA) is 134 Å². The van der Waals surface area contributed by atoms with Crippen molar-refractivity contribution < 1.29 is 24.3 Å². The molecule has 0 aromatic heterocycles. The molecule has 0 aliphatic carbocycles. The molecule has 3 N–H and O–H groups in total. The molecule has 0 aromatic rings. The Kier molecular flexibility index (Phi) is 3.79. The lowest BCUT2D eigenvalue weighted by atomic mass is 9.89. The predicted molar refractivity (Wildman–Crippen MR) is 70.6 cm³/mol. The second kappa shape index (κ2) is 5.75. The fraction of sp³-hybridized carbons (Fsp3) is 0.417. The number of hydrogen-bond acceptors (Lipinski definition) is 8. The molecule has 10 heteroatoms. The summed E-state index contributed by atoms with van der Waals surface area (Å²) < 4.78 is 9.97. The Bertz CT molecular complexity index is 638. The van der Waals surface area contributed by atoms with Gasteiger partial charge in [0.1, 0.15) is 12.3 Å². The van der Waals surface area contributed by atoms with Gasteiger partial charge >= 0.3 is 0 Å². The molecule has 4 aliphatic rings. The number of carbonyl (C=O) groups is 2. The molecule has 1 saturated heterocycles. The Morgan fingerprint density at radius 3 is 2.91 bits per heavy atom. The van der Waals surface area contributed by atoms with Gasteiger partial charge in [0.25, 0.3) is 11.8 Å². The Hall–Kier alpha value is -2.43. The van der Waals surface area contributed by atoms with Crippen molar-refractivity contribution in [2.75, 3.05) is 19.8 Å². The maximum Gasteiger partial charge on any atom is 0.297 e. The number of nitrogens with one attached hydrogen (secondary N) is 2. The molecule has 22 heavy (non-hydrogen) atoms. The summed E-state index contributed by atoms with van der Waals surface area (Å²) in [5.41, 5.74) is 4.98. The van der Waals surface area contributed by atoms with Gasteiger partial charge in [-0.05, 0) is 6.08 Å². The highest BCUT2D eigenvalue weighted by Gasteiger charge is 2.49. The second-order valence-corrected chi connectivity index (χ2v) is 4.80. The minimum absolute atomic E-state index is 0.269. The minimum atomic E-state index is -1.03. The third kappa shape index (κ3) is 2.32. The minimum Gasteiger partial charge on any atom is -0.495 e. The molecular formula is C12H13N5O5. The van der Waals surface area contributed by atoms with E-state index >= 15 is 0 Å². The van der Waals surface area contributed by atoms with Crippen LogP contribution in [0.25, 0.3) is 0 Å². The molecule has 0 aromatic carbocycles. The number of hydroxylamine groups is 1. The van der Waals surface area contributed by atoms with E-state index in [-0.39, 0.29) is 18.4 Å². The number of azo groups is 1. The van der Waals surface area contributed by atoms with E-state index in [0.717, 1.165) is 0 Å². The van der Waals surface area contributed by atoms with Gasteiger partial charge < -0.3 is 14.7 Å². The van der Waals surface area contributed by atoms with Crippen molar-refractivity contribution in [3.8, 4) is 0 Å². The number of nitrogens with zero attached hydrogens (tertiary/aromatic N) is 3. The first kappa shape index (κ1) is 14.5. The van der Waals surface area contributed by atoms with E-state index in [1.54, 1.807) is 6.08 Å². The number of rotatable bonds is 1. The molecule has 1 atom stereocenters. The largest absolute Gasteiger partial charge is 0.495 e. The van der Waals surface area contributed by atoms with Crippen molar-refractivity contribution in [1.29, 1.82) is 0 Å². The lowest BCUT2D eigenvalue weighted by Crippen LogP contribution is -2.59. The highest BCUT2D eigenvalue weighted by Crippen LogP contribution is 2.22. The summed E-state index contributed by atoms with van der Waals surface area (Å²) in [6.07, 6.45) is 3.47.